The van der Waals surface area contributed by atoms with Crippen LogP contribution < -0.4 is 5.32 Å². The maximum Gasteiger partial charge on any atom is 0.237 e. The Morgan fingerprint density at radius 3 is 2.23 bits per heavy atom. The zero-order valence-electron chi connectivity index (χ0n) is 17.3. The van der Waals surface area contributed by atoms with Crippen molar-refractivity contribution in [1.29, 1.82) is 0 Å². The molecule has 2 unspecified atom stereocenters. The van der Waals surface area contributed by atoms with Crippen LogP contribution in [0, 0.1) is 0 Å². The number of nitrogens with one attached hydrogen (secondary N) is 1. The van der Waals surface area contributed by atoms with Crippen LogP contribution in [0.4, 0.5) is 5.69 Å². The Bertz CT molecular complexity index is 1130. The highest BCUT2D eigenvalue weighted by molar-refractivity contribution is 8.00. The summed E-state index contributed by atoms with van der Waals surface area (Å²) in [5.41, 5.74) is 2.84. The van der Waals surface area contributed by atoms with E-state index in [0.29, 0.717) is 5.16 Å². The number of pyridine rings is 1. The Morgan fingerprint density at radius 1 is 0.903 bits per heavy atom. The third-order valence-corrected chi connectivity index (χ3v) is 6.02. The first-order valence-electron chi connectivity index (χ1n) is 10.1. The normalized spacial score (nSPS) is 12.8. The lowest BCUT2D eigenvalue weighted by molar-refractivity contribution is -0.115. The van der Waals surface area contributed by atoms with Crippen LogP contribution >= 0.6 is 11.8 Å². The lowest BCUT2D eigenvalue weighted by Crippen LogP contribution is -2.23. The quantitative estimate of drug-likeness (QED) is 0.415. The van der Waals surface area contributed by atoms with Gasteiger partial charge in [0.2, 0.25) is 5.91 Å². The lowest BCUT2D eigenvalue weighted by atomic mass is 10.1. The standard InChI is InChI=1S/C24H23N5OS/c1-17(19-9-5-3-6-10-19)29-22(20-13-15-25-16-14-20)27-28-24(29)31-18(2)23(30)26-21-11-7-4-8-12-21/h3-18H,1-2H3,(H,26,30). The fourth-order valence-electron chi connectivity index (χ4n) is 3.26. The zero-order valence-corrected chi connectivity index (χ0v) is 18.2. The maximum atomic E-state index is 12.7. The van der Waals surface area contributed by atoms with Crippen molar-refractivity contribution in [1.82, 2.24) is 19.7 Å². The second-order valence-corrected chi connectivity index (χ2v) is 8.42. The van der Waals surface area contributed by atoms with Crippen molar-refractivity contribution in [2.24, 2.45) is 0 Å². The van der Waals surface area contributed by atoms with Crippen molar-refractivity contribution in [3.05, 3.63) is 90.8 Å². The summed E-state index contributed by atoms with van der Waals surface area (Å²) in [4.78, 5) is 16.9. The Hall–Kier alpha value is -3.45. The van der Waals surface area contributed by atoms with Gasteiger partial charge in [0.25, 0.3) is 0 Å². The fourth-order valence-corrected chi connectivity index (χ4v) is 4.19. The number of benzene rings is 2. The molecule has 2 aromatic heterocycles. The highest BCUT2D eigenvalue weighted by Gasteiger charge is 2.24. The molecule has 0 bridgehead atoms. The third kappa shape index (κ3) is 4.83. The van der Waals surface area contributed by atoms with Gasteiger partial charge in [0.05, 0.1) is 11.3 Å². The number of thioether (sulfide) groups is 1. The number of carbonyl (C=O) groups is 1. The Balaban J connectivity index is 1.64. The van der Waals surface area contributed by atoms with Crippen molar-refractivity contribution < 1.29 is 4.79 Å². The molecule has 0 spiro atoms. The van der Waals surface area contributed by atoms with Crippen LogP contribution in [0.5, 0.6) is 0 Å². The molecule has 31 heavy (non-hydrogen) atoms. The summed E-state index contributed by atoms with van der Waals surface area (Å²) in [7, 11) is 0. The number of hydrogen-bond acceptors (Lipinski definition) is 5. The first kappa shape index (κ1) is 20.8. The van der Waals surface area contributed by atoms with E-state index in [1.807, 2.05) is 67.6 Å². The van der Waals surface area contributed by atoms with Gasteiger partial charge >= 0.3 is 0 Å². The van der Waals surface area contributed by atoms with Crippen molar-refractivity contribution >= 4 is 23.4 Å². The molecule has 156 valence electrons. The van der Waals surface area contributed by atoms with Crippen LogP contribution in [0.2, 0.25) is 0 Å². The molecule has 0 saturated carbocycles. The molecule has 0 radical (unpaired) electrons. The summed E-state index contributed by atoms with van der Waals surface area (Å²) < 4.78 is 2.08. The number of anilines is 1. The minimum atomic E-state index is -0.351. The average Bonchev–Trinajstić information content (AvgIpc) is 3.23. The first-order chi connectivity index (χ1) is 15.1. The number of rotatable bonds is 7. The maximum absolute atomic E-state index is 12.7. The van der Waals surface area contributed by atoms with Crippen molar-refractivity contribution in [3.63, 3.8) is 0 Å². The fraction of sp³-hybridized carbons (Fsp3) is 0.167. The topological polar surface area (TPSA) is 72.7 Å². The van der Waals surface area contributed by atoms with Crippen LogP contribution in [0.3, 0.4) is 0 Å². The van der Waals surface area contributed by atoms with E-state index in [0.717, 1.165) is 22.6 Å². The third-order valence-electron chi connectivity index (χ3n) is 4.97. The number of para-hydroxylation sites is 1. The van der Waals surface area contributed by atoms with Gasteiger partial charge in [-0.1, -0.05) is 60.3 Å². The van der Waals surface area contributed by atoms with Gasteiger partial charge in [-0.25, -0.2) is 0 Å². The largest absolute Gasteiger partial charge is 0.325 e. The summed E-state index contributed by atoms with van der Waals surface area (Å²) in [6.07, 6.45) is 3.48. The highest BCUT2D eigenvalue weighted by atomic mass is 32.2. The molecule has 2 atom stereocenters. The van der Waals surface area contributed by atoms with Gasteiger partial charge in [-0.3, -0.25) is 14.3 Å². The molecule has 0 aliphatic carbocycles. The Morgan fingerprint density at radius 2 is 1.55 bits per heavy atom. The minimum Gasteiger partial charge on any atom is -0.325 e. The van der Waals surface area contributed by atoms with Crippen molar-refractivity contribution in [2.75, 3.05) is 5.32 Å². The van der Waals surface area contributed by atoms with Gasteiger partial charge in [0.1, 0.15) is 0 Å². The van der Waals surface area contributed by atoms with Gasteiger partial charge < -0.3 is 5.32 Å². The number of aromatic nitrogens is 4. The van der Waals surface area contributed by atoms with Crippen molar-refractivity contribution in [3.8, 4) is 11.4 Å². The summed E-state index contributed by atoms with van der Waals surface area (Å²) in [5, 5.41) is 12.2. The summed E-state index contributed by atoms with van der Waals surface area (Å²) in [5.74, 6) is 0.667. The highest BCUT2D eigenvalue weighted by Crippen LogP contribution is 2.32. The second-order valence-electron chi connectivity index (χ2n) is 7.11. The van der Waals surface area contributed by atoms with Gasteiger partial charge in [-0.2, -0.15) is 0 Å². The molecule has 2 aromatic carbocycles. The summed E-state index contributed by atoms with van der Waals surface area (Å²) in [6, 6.07) is 23.5. The van der Waals surface area contributed by atoms with Crippen LogP contribution in [0.25, 0.3) is 11.4 Å². The molecule has 1 N–H and O–H groups in total. The molecule has 4 rings (SSSR count). The molecule has 2 heterocycles. The molecule has 0 saturated heterocycles. The smallest absolute Gasteiger partial charge is 0.237 e. The van der Waals surface area contributed by atoms with E-state index in [1.54, 1.807) is 12.4 Å². The van der Waals surface area contributed by atoms with Gasteiger partial charge in [-0.15, -0.1) is 10.2 Å². The van der Waals surface area contributed by atoms with Gasteiger partial charge in [-0.05, 0) is 43.7 Å². The van der Waals surface area contributed by atoms with E-state index in [4.69, 9.17) is 0 Å². The minimum absolute atomic E-state index is 0.00810. The van der Waals surface area contributed by atoms with E-state index in [-0.39, 0.29) is 17.2 Å². The molecule has 6 nitrogen and oxygen atoms in total. The van der Waals surface area contributed by atoms with Crippen molar-refractivity contribution in [2.45, 2.75) is 30.3 Å². The molecule has 0 aliphatic rings. The predicted molar refractivity (Wildman–Crippen MR) is 124 cm³/mol. The van der Waals surface area contributed by atoms with E-state index < -0.39 is 0 Å². The number of amides is 1. The van der Waals surface area contributed by atoms with E-state index >= 15 is 0 Å². The Kier molecular flexibility index (Phi) is 6.43. The van der Waals surface area contributed by atoms with Crippen LogP contribution in [-0.4, -0.2) is 30.9 Å². The van der Waals surface area contributed by atoms with Crippen LogP contribution in [0.15, 0.2) is 90.3 Å². The molecular weight excluding hydrogens is 406 g/mol. The molecule has 4 aromatic rings. The SMILES string of the molecule is CC(Sc1nnc(-c2ccncc2)n1C(C)c1ccccc1)C(=O)Nc1ccccc1. The lowest BCUT2D eigenvalue weighted by Gasteiger charge is -2.20. The number of carbonyl (C=O) groups excluding carboxylic acids is 1. The zero-order chi connectivity index (χ0) is 21.6. The molecule has 0 aliphatic heterocycles. The van der Waals surface area contributed by atoms with Gasteiger partial charge in [0, 0.05) is 23.6 Å². The monoisotopic (exact) mass is 429 g/mol. The molecule has 1 amide bonds. The molecule has 0 fully saturated rings. The Labute approximate surface area is 185 Å². The van der Waals surface area contributed by atoms with E-state index in [9.17, 15) is 4.79 Å². The summed E-state index contributed by atoms with van der Waals surface area (Å²) in [6.45, 7) is 3.99. The number of nitrogens with zero attached hydrogens (tertiary/aromatic N) is 4. The van der Waals surface area contributed by atoms with Crippen LogP contribution in [0.1, 0.15) is 25.5 Å². The second kappa shape index (κ2) is 9.57. The molecular formula is C24H23N5OS. The predicted octanol–water partition coefficient (Wildman–Crippen LogP) is 5.07. The van der Waals surface area contributed by atoms with Gasteiger partial charge in [0.15, 0.2) is 11.0 Å². The van der Waals surface area contributed by atoms with E-state index in [1.165, 1.54) is 11.8 Å². The first-order valence-corrected chi connectivity index (χ1v) is 10.9. The molecule has 7 heteroatoms. The summed E-state index contributed by atoms with van der Waals surface area (Å²) >= 11 is 1.40. The van der Waals surface area contributed by atoms with E-state index in [2.05, 4.69) is 44.1 Å². The average molecular weight is 430 g/mol. The van der Waals surface area contributed by atoms with Crippen LogP contribution in [-0.2, 0) is 4.79 Å². The number of hydrogen-bond donors (Lipinski definition) is 1.